The summed E-state index contributed by atoms with van der Waals surface area (Å²) in [6.07, 6.45) is 1.35. The SMILES string of the molecule is CCOc1ccc(N2CCCCS2(=O)=O)cc1S(=O)(=O)N(CC)c1ccccc1. The van der Waals surface area contributed by atoms with E-state index in [0.29, 0.717) is 30.9 Å². The molecule has 2 aromatic carbocycles. The molecule has 0 aliphatic carbocycles. The summed E-state index contributed by atoms with van der Waals surface area (Å²) >= 11 is 0. The van der Waals surface area contributed by atoms with Crippen molar-refractivity contribution < 1.29 is 21.6 Å². The van der Waals surface area contributed by atoms with Gasteiger partial charge in [-0.3, -0.25) is 8.61 Å². The van der Waals surface area contributed by atoms with Gasteiger partial charge in [-0.2, -0.15) is 0 Å². The molecular weight excluding hydrogens is 412 g/mol. The minimum atomic E-state index is -3.97. The predicted octanol–water partition coefficient (Wildman–Crippen LogP) is 3.23. The number of sulfonamides is 2. The third-order valence-corrected chi connectivity index (χ3v) is 8.56. The van der Waals surface area contributed by atoms with Crippen molar-refractivity contribution in [3.63, 3.8) is 0 Å². The second kappa shape index (κ2) is 8.62. The summed E-state index contributed by atoms with van der Waals surface area (Å²) in [5.41, 5.74) is 0.879. The first-order chi connectivity index (χ1) is 13.8. The molecule has 0 amide bonds. The maximum atomic E-state index is 13.5. The van der Waals surface area contributed by atoms with E-state index in [1.54, 1.807) is 44.2 Å². The number of anilines is 2. The molecule has 7 nitrogen and oxygen atoms in total. The van der Waals surface area contributed by atoms with Crippen molar-refractivity contribution in [3.05, 3.63) is 48.5 Å². The molecule has 1 saturated heterocycles. The summed E-state index contributed by atoms with van der Waals surface area (Å²) in [7, 11) is -7.43. The average molecular weight is 439 g/mol. The highest BCUT2D eigenvalue weighted by molar-refractivity contribution is 7.93. The first-order valence-corrected chi connectivity index (χ1v) is 12.7. The lowest BCUT2D eigenvalue weighted by Gasteiger charge is -2.29. The lowest BCUT2D eigenvalue weighted by Crippen LogP contribution is -2.38. The molecule has 0 atom stereocenters. The molecule has 29 heavy (non-hydrogen) atoms. The number of benzene rings is 2. The van der Waals surface area contributed by atoms with E-state index < -0.39 is 20.0 Å². The minimum absolute atomic E-state index is 0.0386. The summed E-state index contributed by atoms with van der Waals surface area (Å²) in [5.74, 6) is 0.271. The smallest absolute Gasteiger partial charge is 0.268 e. The highest BCUT2D eigenvalue weighted by atomic mass is 32.2. The van der Waals surface area contributed by atoms with E-state index in [4.69, 9.17) is 4.74 Å². The van der Waals surface area contributed by atoms with Crippen LogP contribution in [-0.2, 0) is 20.0 Å². The van der Waals surface area contributed by atoms with Crippen LogP contribution in [0.3, 0.4) is 0 Å². The largest absolute Gasteiger partial charge is 0.492 e. The lowest BCUT2D eigenvalue weighted by molar-refractivity contribution is 0.331. The van der Waals surface area contributed by atoms with Crippen LogP contribution in [-0.4, -0.2) is 42.3 Å². The number of hydrogen-bond acceptors (Lipinski definition) is 5. The standard InChI is InChI=1S/C20H26N2O5S2/c1-3-21(17-10-6-5-7-11-17)29(25,26)20-16-18(12-13-19(20)27-4-2)22-14-8-9-15-28(22,23)24/h5-7,10-13,16H,3-4,8-9,14-15H2,1-2H3. The van der Waals surface area contributed by atoms with Gasteiger partial charge in [-0.15, -0.1) is 0 Å². The van der Waals surface area contributed by atoms with Crippen LogP contribution in [0.25, 0.3) is 0 Å². The second-order valence-electron chi connectivity index (χ2n) is 6.66. The summed E-state index contributed by atoms with van der Waals surface area (Å²) in [6.45, 7) is 4.38. The van der Waals surface area contributed by atoms with Crippen LogP contribution in [0.4, 0.5) is 11.4 Å². The first-order valence-electron chi connectivity index (χ1n) is 9.66. The van der Waals surface area contributed by atoms with Crippen LogP contribution in [0.2, 0.25) is 0 Å². The van der Waals surface area contributed by atoms with Crippen LogP contribution in [0.5, 0.6) is 5.75 Å². The van der Waals surface area contributed by atoms with Gasteiger partial charge in [0.25, 0.3) is 10.0 Å². The van der Waals surface area contributed by atoms with Crippen LogP contribution < -0.4 is 13.3 Å². The summed E-state index contributed by atoms with van der Waals surface area (Å²) in [5, 5.41) is 0. The van der Waals surface area contributed by atoms with Gasteiger partial charge in [-0.25, -0.2) is 16.8 Å². The molecular formula is C20H26N2O5S2. The quantitative estimate of drug-likeness (QED) is 0.663. The fourth-order valence-corrected chi connectivity index (χ4v) is 6.67. The van der Waals surface area contributed by atoms with E-state index >= 15 is 0 Å². The Morgan fingerprint density at radius 2 is 1.79 bits per heavy atom. The number of rotatable bonds is 7. The van der Waals surface area contributed by atoms with Crippen LogP contribution >= 0.6 is 0 Å². The number of hydrogen-bond donors (Lipinski definition) is 0. The third kappa shape index (κ3) is 4.35. The predicted molar refractivity (Wildman–Crippen MR) is 115 cm³/mol. The number of ether oxygens (including phenoxy) is 1. The van der Waals surface area contributed by atoms with Gasteiger partial charge in [-0.1, -0.05) is 18.2 Å². The van der Waals surface area contributed by atoms with Crippen molar-refractivity contribution >= 4 is 31.4 Å². The van der Waals surface area contributed by atoms with Crippen LogP contribution in [0, 0.1) is 0 Å². The van der Waals surface area contributed by atoms with E-state index in [1.165, 1.54) is 20.7 Å². The Morgan fingerprint density at radius 1 is 1.07 bits per heavy atom. The molecule has 1 aliphatic heterocycles. The maximum Gasteiger partial charge on any atom is 0.268 e. The molecule has 0 spiro atoms. The average Bonchev–Trinajstić information content (AvgIpc) is 2.69. The molecule has 3 rings (SSSR count). The second-order valence-corrected chi connectivity index (χ2v) is 10.5. The highest BCUT2D eigenvalue weighted by Gasteiger charge is 2.31. The van der Waals surface area contributed by atoms with Gasteiger partial charge in [0, 0.05) is 13.1 Å². The molecule has 0 N–H and O–H groups in total. The van der Waals surface area contributed by atoms with Gasteiger partial charge >= 0.3 is 0 Å². The monoisotopic (exact) mass is 438 g/mol. The highest BCUT2D eigenvalue weighted by Crippen LogP contribution is 2.35. The number of nitrogens with zero attached hydrogens (tertiary/aromatic N) is 2. The van der Waals surface area contributed by atoms with Gasteiger partial charge < -0.3 is 4.74 Å². The third-order valence-electron chi connectivity index (χ3n) is 4.76. The zero-order valence-electron chi connectivity index (χ0n) is 16.6. The molecule has 0 aromatic heterocycles. The normalized spacial score (nSPS) is 16.4. The van der Waals surface area contributed by atoms with E-state index in [-0.39, 0.29) is 22.9 Å². The molecule has 0 bridgehead atoms. The van der Waals surface area contributed by atoms with Crippen molar-refractivity contribution in [2.75, 3.05) is 34.1 Å². The van der Waals surface area contributed by atoms with E-state index in [9.17, 15) is 16.8 Å². The summed E-state index contributed by atoms with van der Waals surface area (Å²) in [6, 6.07) is 13.4. The molecule has 2 aromatic rings. The Kier molecular flexibility index (Phi) is 6.38. The molecule has 1 heterocycles. The van der Waals surface area contributed by atoms with E-state index in [2.05, 4.69) is 0 Å². The molecule has 1 aliphatic rings. The van der Waals surface area contributed by atoms with Crippen molar-refractivity contribution in [1.82, 2.24) is 0 Å². The topological polar surface area (TPSA) is 84.0 Å². The number of para-hydroxylation sites is 1. The van der Waals surface area contributed by atoms with E-state index in [1.807, 2.05) is 6.07 Å². The molecule has 158 valence electrons. The van der Waals surface area contributed by atoms with Crippen LogP contribution in [0.15, 0.2) is 53.4 Å². The van der Waals surface area contributed by atoms with Crippen molar-refractivity contribution in [2.24, 2.45) is 0 Å². The van der Waals surface area contributed by atoms with Crippen LogP contribution in [0.1, 0.15) is 26.7 Å². The van der Waals surface area contributed by atoms with Gasteiger partial charge in [0.1, 0.15) is 10.6 Å². The first kappa shape index (κ1) is 21.4. The molecule has 1 fully saturated rings. The molecule has 0 saturated carbocycles. The Bertz CT molecular complexity index is 1050. The Labute approximate surface area is 173 Å². The molecule has 0 unspecified atom stereocenters. The lowest BCUT2D eigenvalue weighted by atomic mass is 10.2. The Morgan fingerprint density at radius 3 is 2.41 bits per heavy atom. The van der Waals surface area contributed by atoms with E-state index in [0.717, 1.165) is 6.42 Å². The van der Waals surface area contributed by atoms with Crippen molar-refractivity contribution in [3.8, 4) is 5.75 Å². The molecule has 9 heteroatoms. The zero-order valence-corrected chi connectivity index (χ0v) is 18.2. The fourth-order valence-electron chi connectivity index (χ4n) is 3.41. The maximum absolute atomic E-state index is 13.5. The van der Waals surface area contributed by atoms with Gasteiger partial charge in [0.05, 0.1) is 23.7 Å². The van der Waals surface area contributed by atoms with Gasteiger partial charge in [-0.05, 0) is 57.0 Å². The zero-order chi connectivity index (χ0) is 21.1. The minimum Gasteiger partial charge on any atom is -0.492 e. The summed E-state index contributed by atoms with van der Waals surface area (Å²) < 4.78 is 60.2. The summed E-state index contributed by atoms with van der Waals surface area (Å²) in [4.78, 5) is -0.0386. The van der Waals surface area contributed by atoms with Crippen molar-refractivity contribution in [1.29, 1.82) is 0 Å². The van der Waals surface area contributed by atoms with Gasteiger partial charge in [0.2, 0.25) is 10.0 Å². The molecule has 0 radical (unpaired) electrons. The van der Waals surface area contributed by atoms with Crippen molar-refractivity contribution in [2.45, 2.75) is 31.6 Å². The Balaban J connectivity index is 2.13. The fraction of sp³-hybridized carbons (Fsp3) is 0.400. The Hall–Kier alpha value is -2.26. The van der Waals surface area contributed by atoms with Gasteiger partial charge in [0.15, 0.2) is 0 Å².